The van der Waals surface area contributed by atoms with Crippen molar-refractivity contribution >= 4 is 15.7 Å². The van der Waals surface area contributed by atoms with Gasteiger partial charge in [0.15, 0.2) is 9.84 Å². The minimum absolute atomic E-state index is 0.0618. The summed E-state index contributed by atoms with van der Waals surface area (Å²) >= 11 is 0. The lowest BCUT2D eigenvalue weighted by molar-refractivity contribution is 0.409. The van der Waals surface area contributed by atoms with E-state index in [0.29, 0.717) is 17.6 Å². The molecule has 1 aliphatic heterocycles. The van der Waals surface area contributed by atoms with Crippen LogP contribution in [0, 0.1) is 0 Å². The molecule has 0 bridgehead atoms. The van der Waals surface area contributed by atoms with E-state index in [9.17, 15) is 8.42 Å². The Balaban J connectivity index is 1.91. The van der Waals surface area contributed by atoms with Gasteiger partial charge in [-0.3, -0.25) is 0 Å². The average Bonchev–Trinajstić information content (AvgIpc) is 2.63. The van der Waals surface area contributed by atoms with Crippen LogP contribution in [0.1, 0.15) is 55.8 Å². The van der Waals surface area contributed by atoms with Crippen molar-refractivity contribution in [3.63, 3.8) is 0 Å². The van der Waals surface area contributed by atoms with Crippen molar-refractivity contribution in [3.05, 3.63) is 11.3 Å². The van der Waals surface area contributed by atoms with E-state index in [0.717, 1.165) is 18.4 Å². The van der Waals surface area contributed by atoms with Gasteiger partial charge in [0, 0.05) is 5.56 Å². The number of hydrogen-bond acceptors (Lipinski definition) is 4. The maximum absolute atomic E-state index is 11.5. The first-order chi connectivity index (χ1) is 8.57. The predicted molar refractivity (Wildman–Crippen MR) is 69.7 cm³/mol. The first-order valence-electron chi connectivity index (χ1n) is 6.63. The van der Waals surface area contributed by atoms with Crippen LogP contribution in [0.4, 0.5) is 5.82 Å². The summed E-state index contributed by atoms with van der Waals surface area (Å²) in [6, 6.07) is 0.362. The molecule has 0 spiro atoms. The Morgan fingerprint density at radius 1 is 1.11 bits per heavy atom. The smallest absolute Gasteiger partial charge is 0.160 e. The molecule has 2 aliphatic rings. The molecule has 1 aliphatic carbocycles. The summed E-state index contributed by atoms with van der Waals surface area (Å²) in [6.07, 6.45) is 7.21. The Morgan fingerprint density at radius 3 is 2.39 bits per heavy atom. The molecule has 0 aromatic carbocycles. The lowest BCUT2D eigenvalue weighted by atomic mass is 10.1. The van der Waals surface area contributed by atoms with E-state index in [2.05, 4.69) is 5.10 Å². The Hall–Kier alpha value is -1.04. The number of nitrogens with two attached hydrogens (primary N) is 1. The summed E-state index contributed by atoms with van der Waals surface area (Å²) in [6.45, 7) is 0. The molecule has 5 nitrogen and oxygen atoms in total. The van der Waals surface area contributed by atoms with Crippen molar-refractivity contribution in [2.24, 2.45) is 0 Å². The van der Waals surface area contributed by atoms with Crippen LogP contribution in [0.5, 0.6) is 0 Å². The molecule has 2 heterocycles. The van der Waals surface area contributed by atoms with Crippen LogP contribution in [0.15, 0.2) is 0 Å². The number of fused-ring (bicyclic) bond motifs is 1. The van der Waals surface area contributed by atoms with Crippen LogP contribution in [0.2, 0.25) is 0 Å². The van der Waals surface area contributed by atoms with Crippen LogP contribution in [0.3, 0.4) is 0 Å². The zero-order valence-electron chi connectivity index (χ0n) is 10.4. The number of nitrogens with zero attached hydrogens (tertiary/aromatic N) is 2. The van der Waals surface area contributed by atoms with Crippen molar-refractivity contribution in [1.82, 2.24) is 9.78 Å². The molecule has 0 radical (unpaired) electrons. The molecule has 1 aromatic heterocycles. The molecular weight excluding hydrogens is 250 g/mol. The van der Waals surface area contributed by atoms with Gasteiger partial charge in [-0.15, -0.1) is 0 Å². The molecule has 1 aromatic rings. The van der Waals surface area contributed by atoms with Gasteiger partial charge in [0.05, 0.1) is 23.2 Å². The third kappa shape index (κ3) is 2.02. The second kappa shape index (κ2) is 4.26. The van der Waals surface area contributed by atoms with Gasteiger partial charge in [0.25, 0.3) is 0 Å². The zero-order chi connectivity index (χ0) is 12.8. The molecule has 3 rings (SSSR count). The fourth-order valence-electron chi connectivity index (χ4n) is 3.06. The average molecular weight is 269 g/mol. The largest absolute Gasteiger partial charge is 0.384 e. The van der Waals surface area contributed by atoms with E-state index in [1.165, 1.54) is 25.7 Å². The monoisotopic (exact) mass is 269 g/mol. The highest BCUT2D eigenvalue weighted by atomic mass is 32.2. The molecule has 0 atom stereocenters. The van der Waals surface area contributed by atoms with Gasteiger partial charge in [-0.05, 0) is 12.8 Å². The van der Waals surface area contributed by atoms with Gasteiger partial charge in [-0.25, -0.2) is 13.1 Å². The summed E-state index contributed by atoms with van der Waals surface area (Å²) in [4.78, 5) is 0. The lowest BCUT2D eigenvalue weighted by Crippen LogP contribution is -2.14. The quantitative estimate of drug-likeness (QED) is 0.788. The second-order valence-electron chi connectivity index (χ2n) is 5.43. The van der Waals surface area contributed by atoms with E-state index in [1.807, 2.05) is 4.68 Å². The molecular formula is C12H19N3O2S. The van der Waals surface area contributed by atoms with Crippen molar-refractivity contribution < 1.29 is 8.42 Å². The molecule has 0 saturated heterocycles. The number of hydrogen-bond donors (Lipinski definition) is 1. The van der Waals surface area contributed by atoms with Gasteiger partial charge in [0.2, 0.25) is 0 Å². The summed E-state index contributed by atoms with van der Waals surface area (Å²) in [5, 5.41) is 4.46. The minimum Gasteiger partial charge on any atom is -0.384 e. The maximum atomic E-state index is 11.5. The van der Waals surface area contributed by atoms with E-state index < -0.39 is 9.84 Å². The highest BCUT2D eigenvalue weighted by Crippen LogP contribution is 2.34. The Morgan fingerprint density at radius 2 is 1.78 bits per heavy atom. The highest BCUT2D eigenvalue weighted by Gasteiger charge is 2.32. The van der Waals surface area contributed by atoms with Crippen LogP contribution >= 0.6 is 0 Å². The first-order valence-corrected chi connectivity index (χ1v) is 8.45. The normalized spacial score (nSPS) is 23.8. The topological polar surface area (TPSA) is 78.0 Å². The number of rotatable bonds is 1. The van der Waals surface area contributed by atoms with Crippen molar-refractivity contribution in [3.8, 4) is 0 Å². The van der Waals surface area contributed by atoms with Crippen molar-refractivity contribution in [1.29, 1.82) is 0 Å². The van der Waals surface area contributed by atoms with E-state index in [4.69, 9.17) is 5.73 Å². The first kappa shape index (κ1) is 12.0. The van der Waals surface area contributed by atoms with Crippen molar-refractivity contribution in [2.75, 3.05) is 5.73 Å². The Labute approximate surface area is 107 Å². The third-order valence-electron chi connectivity index (χ3n) is 4.02. The summed E-state index contributed by atoms with van der Waals surface area (Å²) < 4.78 is 25.0. The van der Waals surface area contributed by atoms with Gasteiger partial charge in [0.1, 0.15) is 5.82 Å². The van der Waals surface area contributed by atoms with Gasteiger partial charge in [-0.2, -0.15) is 5.10 Å². The number of anilines is 1. The molecule has 0 unspecified atom stereocenters. The SMILES string of the molecule is Nc1c2c(nn1C1CCCCCC1)CS(=O)(=O)C2. The molecule has 0 amide bonds. The minimum atomic E-state index is -3.00. The zero-order valence-corrected chi connectivity index (χ0v) is 11.2. The van der Waals surface area contributed by atoms with Gasteiger partial charge in [-0.1, -0.05) is 25.7 Å². The predicted octanol–water partition coefficient (Wildman–Crippen LogP) is 1.79. The number of nitrogen functional groups attached to an aromatic ring is 1. The second-order valence-corrected chi connectivity index (χ2v) is 7.50. The van der Waals surface area contributed by atoms with Gasteiger partial charge >= 0.3 is 0 Å². The lowest BCUT2D eigenvalue weighted by Gasteiger charge is -2.16. The third-order valence-corrected chi connectivity index (χ3v) is 5.47. The Kier molecular flexibility index (Phi) is 2.84. The molecule has 1 fully saturated rings. The molecule has 18 heavy (non-hydrogen) atoms. The highest BCUT2D eigenvalue weighted by molar-refractivity contribution is 7.90. The van der Waals surface area contributed by atoms with Crippen LogP contribution in [0.25, 0.3) is 0 Å². The Bertz CT molecular complexity index is 554. The molecule has 2 N–H and O–H groups in total. The molecule has 1 saturated carbocycles. The van der Waals surface area contributed by atoms with Crippen LogP contribution in [-0.4, -0.2) is 18.2 Å². The van der Waals surface area contributed by atoms with Gasteiger partial charge < -0.3 is 5.73 Å². The van der Waals surface area contributed by atoms with E-state index in [1.54, 1.807) is 0 Å². The summed E-state index contributed by atoms with van der Waals surface area (Å²) in [7, 11) is -3.00. The van der Waals surface area contributed by atoms with E-state index in [-0.39, 0.29) is 11.5 Å². The van der Waals surface area contributed by atoms with Crippen LogP contribution in [-0.2, 0) is 21.3 Å². The summed E-state index contributed by atoms with van der Waals surface area (Å²) in [5.41, 5.74) is 7.52. The van der Waals surface area contributed by atoms with Crippen molar-refractivity contribution in [2.45, 2.75) is 56.1 Å². The fourth-order valence-corrected chi connectivity index (χ4v) is 4.57. The van der Waals surface area contributed by atoms with E-state index >= 15 is 0 Å². The number of sulfone groups is 1. The molecule has 6 heteroatoms. The number of aromatic nitrogens is 2. The maximum Gasteiger partial charge on any atom is 0.160 e. The van der Waals surface area contributed by atoms with Crippen LogP contribution < -0.4 is 5.73 Å². The summed E-state index contributed by atoms with van der Waals surface area (Å²) in [5.74, 6) is 0.714. The fraction of sp³-hybridized carbons (Fsp3) is 0.750. The standard InChI is InChI=1S/C12H19N3O2S/c13-12-10-7-18(16,17)8-11(10)14-15(12)9-5-3-1-2-4-6-9/h9H,1-8,13H2. The molecule has 100 valence electrons.